The summed E-state index contributed by atoms with van der Waals surface area (Å²) in [5.41, 5.74) is 0.473. The lowest BCUT2D eigenvalue weighted by Crippen LogP contribution is -2.27. The van der Waals surface area contributed by atoms with E-state index in [0.717, 1.165) is 0 Å². The Morgan fingerprint density at radius 1 is 1.24 bits per heavy atom. The molecule has 0 aliphatic carbocycles. The molecule has 94 valence electrons. The Kier molecular flexibility index (Phi) is 5.82. The third-order valence-corrected chi connectivity index (χ3v) is 2.93. The van der Waals surface area contributed by atoms with E-state index in [2.05, 4.69) is 0 Å². The van der Waals surface area contributed by atoms with Crippen LogP contribution in [0.1, 0.15) is 0 Å². The fourth-order valence-corrected chi connectivity index (χ4v) is 2.17. The molecule has 0 radical (unpaired) electrons. The van der Waals surface area contributed by atoms with Gasteiger partial charge in [-0.15, -0.1) is 23.2 Å². The normalized spacial score (nSPS) is 10.3. The molecule has 1 aromatic rings. The topological polar surface area (TPSA) is 46.4 Å². The van der Waals surface area contributed by atoms with Crippen LogP contribution < -0.4 is 4.90 Å². The first kappa shape index (κ1) is 14.4. The number of benzene rings is 1. The number of hydrogen-bond donors (Lipinski definition) is 0. The fraction of sp³-hybridized carbons (Fsp3) is 0.400. The van der Waals surface area contributed by atoms with Gasteiger partial charge in [0.2, 0.25) is 0 Å². The summed E-state index contributed by atoms with van der Waals surface area (Å²) in [5.74, 6) is 0.797. The minimum atomic E-state index is -0.509. The van der Waals surface area contributed by atoms with Crippen molar-refractivity contribution in [3.8, 4) is 0 Å². The molecule has 0 saturated heterocycles. The zero-order valence-electron chi connectivity index (χ0n) is 8.91. The van der Waals surface area contributed by atoms with Crippen molar-refractivity contribution in [2.75, 3.05) is 29.7 Å². The van der Waals surface area contributed by atoms with E-state index in [4.69, 9.17) is 34.8 Å². The molecule has 0 amide bonds. The monoisotopic (exact) mass is 296 g/mol. The SMILES string of the molecule is O=[N+]([O-])c1cccc(N(CCCl)CCCl)c1Cl. The second-order valence-electron chi connectivity index (χ2n) is 3.23. The number of hydrogen-bond acceptors (Lipinski definition) is 3. The molecule has 17 heavy (non-hydrogen) atoms. The minimum absolute atomic E-state index is 0.113. The van der Waals surface area contributed by atoms with E-state index >= 15 is 0 Å². The molecule has 0 aliphatic rings. The quantitative estimate of drug-likeness (QED) is 0.458. The number of nitrogens with zero attached hydrogens (tertiary/aromatic N) is 2. The summed E-state index contributed by atoms with van der Waals surface area (Å²) in [6.07, 6.45) is 0. The van der Waals surface area contributed by atoms with Crippen LogP contribution in [0.4, 0.5) is 11.4 Å². The van der Waals surface area contributed by atoms with Gasteiger partial charge in [0.1, 0.15) is 5.02 Å². The van der Waals surface area contributed by atoms with Crippen molar-refractivity contribution in [1.29, 1.82) is 0 Å². The third-order valence-electron chi connectivity index (χ3n) is 2.20. The van der Waals surface area contributed by atoms with Gasteiger partial charge >= 0.3 is 0 Å². The predicted octanol–water partition coefficient (Wildman–Crippen LogP) is 3.53. The van der Waals surface area contributed by atoms with Crippen molar-refractivity contribution < 1.29 is 4.92 Å². The van der Waals surface area contributed by atoms with Crippen LogP contribution in [-0.2, 0) is 0 Å². The highest BCUT2D eigenvalue weighted by Gasteiger charge is 2.18. The fourth-order valence-electron chi connectivity index (χ4n) is 1.45. The molecule has 4 nitrogen and oxygen atoms in total. The Hall–Kier alpha value is -0.710. The number of alkyl halides is 2. The maximum Gasteiger partial charge on any atom is 0.290 e. The van der Waals surface area contributed by atoms with Gasteiger partial charge in [-0.25, -0.2) is 0 Å². The van der Waals surface area contributed by atoms with Crippen LogP contribution in [0.2, 0.25) is 5.02 Å². The highest BCUT2D eigenvalue weighted by molar-refractivity contribution is 6.35. The highest BCUT2D eigenvalue weighted by Crippen LogP contribution is 2.34. The molecule has 0 spiro atoms. The van der Waals surface area contributed by atoms with E-state index in [1.54, 1.807) is 12.1 Å². The van der Waals surface area contributed by atoms with Gasteiger partial charge in [-0.3, -0.25) is 10.1 Å². The first-order chi connectivity index (χ1) is 8.11. The van der Waals surface area contributed by atoms with Crippen LogP contribution in [0.3, 0.4) is 0 Å². The number of nitro benzene ring substituents is 1. The molecule has 1 rings (SSSR count). The molecule has 0 N–H and O–H groups in total. The molecular formula is C10H11Cl3N2O2. The van der Waals surface area contributed by atoms with E-state index in [1.807, 2.05) is 4.90 Å². The molecule has 1 aromatic carbocycles. The third kappa shape index (κ3) is 3.63. The number of nitro groups is 1. The largest absolute Gasteiger partial charge is 0.368 e. The summed E-state index contributed by atoms with van der Waals surface area (Å²) in [4.78, 5) is 12.1. The molecule has 0 unspecified atom stereocenters. The molecule has 0 fully saturated rings. The van der Waals surface area contributed by atoms with Crippen LogP contribution >= 0.6 is 34.8 Å². The lowest BCUT2D eigenvalue weighted by molar-refractivity contribution is -0.384. The average Bonchev–Trinajstić information content (AvgIpc) is 2.29. The van der Waals surface area contributed by atoms with Gasteiger partial charge in [-0.1, -0.05) is 17.7 Å². The molecule has 0 bridgehead atoms. The zero-order chi connectivity index (χ0) is 12.8. The Morgan fingerprint density at radius 2 is 1.82 bits per heavy atom. The average molecular weight is 298 g/mol. The summed E-state index contributed by atoms with van der Waals surface area (Å²) >= 11 is 17.4. The molecule has 0 saturated carbocycles. The highest BCUT2D eigenvalue weighted by atomic mass is 35.5. The lowest BCUT2D eigenvalue weighted by atomic mass is 10.2. The molecule has 0 atom stereocenters. The number of anilines is 1. The Balaban J connectivity index is 3.10. The summed E-state index contributed by atoms with van der Waals surface area (Å²) in [5, 5.41) is 10.9. The maximum absolute atomic E-state index is 10.8. The van der Waals surface area contributed by atoms with Crippen molar-refractivity contribution in [2.24, 2.45) is 0 Å². The van der Waals surface area contributed by atoms with Crippen molar-refractivity contribution in [3.05, 3.63) is 33.3 Å². The van der Waals surface area contributed by atoms with Crippen molar-refractivity contribution in [3.63, 3.8) is 0 Å². The maximum atomic E-state index is 10.8. The first-order valence-electron chi connectivity index (χ1n) is 4.91. The van der Waals surface area contributed by atoms with E-state index < -0.39 is 4.92 Å². The second-order valence-corrected chi connectivity index (χ2v) is 4.37. The van der Waals surface area contributed by atoms with Gasteiger partial charge < -0.3 is 4.90 Å². The number of halogens is 3. The molecule has 0 aromatic heterocycles. The summed E-state index contributed by atoms with van der Waals surface area (Å²) < 4.78 is 0. The van der Waals surface area contributed by atoms with Gasteiger partial charge in [0.25, 0.3) is 5.69 Å². The van der Waals surface area contributed by atoms with Crippen LogP contribution in [0.5, 0.6) is 0 Å². The minimum Gasteiger partial charge on any atom is -0.368 e. The standard InChI is InChI=1S/C10H11Cl3N2O2/c11-4-6-14(7-5-12)8-2-1-3-9(10(8)13)15(16)17/h1-3H,4-7H2. The van der Waals surface area contributed by atoms with E-state index in [1.165, 1.54) is 6.07 Å². The van der Waals surface area contributed by atoms with Crippen molar-refractivity contribution in [2.45, 2.75) is 0 Å². The van der Waals surface area contributed by atoms with Crippen LogP contribution in [-0.4, -0.2) is 29.8 Å². The van der Waals surface area contributed by atoms with Crippen molar-refractivity contribution >= 4 is 46.2 Å². The molecule has 0 aliphatic heterocycles. The Morgan fingerprint density at radius 3 is 2.29 bits per heavy atom. The van der Waals surface area contributed by atoms with Gasteiger partial charge in [0.05, 0.1) is 10.6 Å². The summed E-state index contributed by atoms with van der Waals surface area (Å²) in [6, 6.07) is 4.68. The van der Waals surface area contributed by atoms with Gasteiger partial charge in [0, 0.05) is 30.9 Å². The molecule has 7 heteroatoms. The first-order valence-corrected chi connectivity index (χ1v) is 6.36. The lowest BCUT2D eigenvalue weighted by Gasteiger charge is -2.23. The van der Waals surface area contributed by atoms with E-state index in [9.17, 15) is 10.1 Å². The summed E-state index contributed by atoms with van der Waals surface area (Å²) in [6.45, 7) is 1.07. The number of rotatable bonds is 6. The van der Waals surface area contributed by atoms with E-state index in [-0.39, 0.29) is 10.7 Å². The second kappa shape index (κ2) is 6.89. The van der Waals surface area contributed by atoms with Gasteiger partial charge in [-0.05, 0) is 6.07 Å². The molecule has 0 heterocycles. The predicted molar refractivity (Wildman–Crippen MR) is 71.8 cm³/mol. The van der Waals surface area contributed by atoms with Crippen LogP contribution in [0.25, 0.3) is 0 Å². The van der Waals surface area contributed by atoms with Gasteiger partial charge in [-0.2, -0.15) is 0 Å². The van der Waals surface area contributed by atoms with Crippen LogP contribution in [0.15, 0.2) is 18.2 Å². The summed E-state index contributed by atoms with van der Waals surface area (Å²) in [7, 11) is 0. The van der Waals surface area contributed by atoms with Crippen molar-refractivity contribution in [1.82, 2.24) is 0 Å². The van der Waals surface area contributed by atoms with E-state index in [0.29, 0.717) is 30.5 Å². The Bertz CT molecular complexity index is 395. The smallest absolute Gasteiger partial charge is 0.290 e. The molecular weight excluding hydrogens is 286 g/mol. The zero-order valence-corrected chi connectivity index (χ0v) is 11.2. The van der Waals surface area contributed by atoms with Crippen LogP contribution in [0, 0.1) is 10.1 Å². The Labute approximate surface area is 114 Å². The van der Waals surface area contributed by atoms with Gasteiger partial charge in [0.15, 0.2) is 0 Å².